The van der Waals surface area contributed by atoms with Crippen LogP contribution in [0.15, 0.2) is 30.3 Å². The molecular formula is C17H16ClF3N4. The van der Waals surface area contributed by atoms with Crippen molar-refractivity contribution in [1.29, 1.82) is 0 Å². The Labute approximate surface area is 147 Å². The molecule has 4 nitrogen and oxygen atoms in total. The van der Waals surface area contributed by atoms with E-state index in [1.165, 1.54) is 10.6 Å². The zero-order chi connectivity index (χ0) is 18.4. The molecule has 1 N–H and O–H groups in total. The Morgan fingerprint density at radius 1 is 1.20 bits per heavy atom. The number of rotatable bonds is 3. The van der Waals surface area contributed by atoms with Gasteiger partial charge in [0.1, 0.15) is 5.82 Å². The molecule has 0 radical (unpaired) electrons. The van der Waals surface area contributed by atoms with Gasteiger partial charge in [0.2, 0.25) is 0 Å². The molecule has 0 saturated heterocycles. The minimum absolute atomic E-state index is 0.0206. The molecule has 0 unspecified atom stereocenters. The summed E-state index contributed by atoms with van der Waals surface area (Å²) in [5.74, 6) is 0.446. The van der Waals surface area contributed by atoms with E-state index < -0.39 is 11.9 Å². The summed E-state index contributed by atoms with van der Waals surface area (Å²) >= 11 is 6.15. The summed E-state index contributed by atoms with van der Waals surface area (Å²) in [7, 11) is 0. The predicted molar refractivity (Wildman–Crippen MR) is 91.9 cm³/mol. The third-order valence-corrected chi connectivity index (χ3v) is 3.89. The summed E-state index contributed by atoms with van der Waals surface area (Å²) in [5, 5.41) is 7.12. The summed E-state index contributed by atoms with van der Waals surface area (Å²) in [4.78, 5) is 4.30. The van der Waals surface area contributed by atoms with Crippen molar-refractivity contribution in [2.24, 2.45) is 0 Å². The van der Waals surface area contributed by atoms with Crippen LogP contribution in [0.25, 0.3) is 16.8 Å². The highest BCUT2D eigenvalue weighted by Crippen LogP contribution is 2.41. The standard InChI is InChI=1S/C17H16ClF3N4/c1-9(2)22-13-8-10(3)23-16-14(11-6-4-5-7-12(11)18)15(17(19,20)21)24-25(13)16/h4-9,22H,1-3H3. The number of halogens is 4. The smallest absolute Gasteiger partial charge is 0.368 e. The van der Waals surface area contributed by atoms with Crippen molar-refractivity contribution < 1.29 is 13.2 Å². The normalized spacial score (nSPS) is 12.2. The molecule has 8 heteroatoms. The monoisotopic (exact) mass is 368 g/mol. The maximum atomic E-state index is 13.6. The predicted octanol–water partition coefficient (Wildman–Crippen LogP) is 5.20. The first-order chi connectivity index (χ1) is 11.7. The first-order valence-corrected chi connectivity index (χ1v) is 8.05. The minimum atomic E-state index is -4.63. The molecule has 0 saturated carbocycles. The third-order valence-electron chi connectivity index (χ3n) is 3.57. The number of hydrogen-bond acceptors (Lipinski definition) is 3. The molecule has 0 bridgehead atoms. The van der Waals surface area contributed by atoms with Crippen molar-refractivity contribution in [2.75, 3.05) is 5.32 Å². The van der Waals surface area contributed by atoms with Crippen LogP contribution in [-0.4, -0.2) is 20.6 Å². The van der Waals surface area contributed by atoms with Gasteiger partial charge in [-0.2, -0.15) is 22.8 Å². The van der Waals surface area contributed by atoms with Gasteiger partial charge < -0.3 is 5.32 Å². The highest BCUT2D eigenvalue weighted by molar-refractivity contribution is 6.33. The number of nitrogens with one attached hydrogen (secondary N) is 1. The average Bonchev–Trinajstić information content (AvgIpc) is 2.86. The quantitative estimate of drug-likeness (QED) is 0.691. The number of benzene rings is 1. The highest BCUT2D eigenvalue weighted by Gasteiger charge is 2.39. The lowest BCUT2D eigenvalue weighted by molar-refractivity contribution is -0.140. The summed E-state index contributed by atoms with van der Waals surface area (Å²) in [5.41, 5.74) is -0.180. The molecule has 3 rings (SSSR count). The van der Waals surface area contributed by atoms with Crippen molar-refractivity contribution >= 4 is 23.1 Å². The molecule has 25 heavy (non-hydrogen) atoms. The summed E-state index contributed by atoms with van der Waals surface area (Å²) in [6.45, 7) is 5.51. The number of alkyl halides is 3. The topological polar surface area (TPSA) is 42.2 Å². The first-order valence-electron chi connectivity index (χ1n) is 7.67. The fourth-order valence-electron chi connectivity index (χ4n) is 2.65. The molecule has 0 aliphatic heterocycles. The molecule has 0 aliphatic rings. The van der Waals surface area contributed by atoms with Crippen molar-refractivity contribution in [3.05, 3.63) is 46.7 Å². The van der Waals surface area contributed by atoms with Gasteiger partial charge in [-0.15, -0.1) is 0 Å². The van der Waals surface area contributed by atoms with Crippen LogP contribution in [0, 0.1) is 6.92 Å². The number of aromatic nitrogens is 3. The van der Waals surface area contributed by atoms with Crippen LogP contribution in [0.2, 0.25) is 5.02 Å². The number of anilines is 1. The van der Waals surface area contributed by atoms with E-state index in [1.807, 2.05) is 13.8 Å². The Hall–Kier alpha value is -2.28. The van der Waals surface area contributed by atoms with Crippen molar-refractivity contribution in [3.63, 3.8) is 0 Å². The summed E-state index contributed by atoms with van der Waals surface area (Å²) in [6.07, 6.45) is -4.63. The minimum Gasteiger partial charge on any atom is -0.368 e. The molecule has 0 spiro atoms. The van der Waals surface area contributed by atoms with E-state index in [2.05, 4.69) is 15.4 Å². The Morgan fingerprint density at radius 3 is 2.48 bits per heavy atom. The molecule has 2 aromatic heterocycles. The Kier molecular flexibility index (Phi) is 4.36. The van der Waals surface area contributed by atoms with E-state index in [0.717, 1.165) is 0 Å². The molecule has 0 aliphatic carbocycles. The second kappa shape index (κ2) is 6.22. The highest BCUT2D eigenvalue weighted by atomic mass is 35.5. The molecule has 2 heterocycles. The fourth-order valence-corrected chi connectivity index (χ4v) is 2.88. The maximum absolute atomic E-state index is 13.6. The lowest BCUT2D eigenvalue weighted by Gasteiger charge is -2.12. The van der Waals surface area contributed by atoms with E-state index in [0.29, 0.717) is 11.5 Å². The zero-order valence-electron chi connectivity index (χ0n) is 13.8. The first kappa shape index (κ1) is 17.5. The van der Waals surface area contributed by atoms with Gasteiger partial charge in [0.25, 0.3) is 0 Å². The van der Waals surface area contributed by atoms with E-state index in [-0.39, 0.29) is 27.8 Å². The van der Waals surface area contributed by atoms with Gasteiger partial charge in [-0.25, -0.2) is 4.98 Å². The SMILES string of the molecule is Cc1cc(NC(C)C)n2nc(C(F)(F)F)c(-c3ccccc3Cl)c2n1. The largest absolute Gasteiger partial charge is 0.435 e. The molecule has 1 aromatic carbocycles. The van der Waals surface area contributed by atoms with E-state index in [1.54, 1.807) is 31.2 Å². The second-order valence-electron chi connectivity index (χ2n) is 6.02. The van der Waals surface area contributed by atoms with Crippen LogP contribution < -0.4 is 5.32 Å². The molecule has 0 amide bonds. The van der Waals surface area contributed by atoms with Crippen LogP contribution in [-0.2, 0) is 6.18 Å². The molecule has 0 fully saturated rings. The van der Waals surface area contributed by atoms with Gasteiger partial charge in [-0.3, -0.25) is 0 Å². The Balaban J connectivity index is 2.41. The number of nitrogens with zero attached hydrogens (tertiary/aromatic N) is 3. The van der Waals surface area contributed by atoms with Crippen LogP contribution in [0.4, 0.5) is 19.0 Å². The van der Waals surface area contributed by atoms with Gasteiger partial charge >= 0.3 is 6.18 Å². The third kappa shape index (κ3) is 3.28. The van der Waals surface area contributed by atoms with Gasteiger partial charge in [-0.05, 0) is 26.8 Å². The molecule has 0 atom stereocenters. The Bertz CT molecular complexity index is 932. The Morgan fingerprint density at radius 2 is 1.88 bits per heavy atom. The average molecular weight is 369 g/mol. The van der Waals surface area contributed by atoms with Gasteiger partial charge in [-0.1, -0.05) is 29.8 Å². The van der Waals surface area contributed by atoms with Gasteiger partial charge in [0, 0.05) is 28.4 Å². The molecular weight excluding hydrogens is 353 g/mol. The van der Waals surface area contributed by atoms with Crippen molar-refractivity contribution in [1.82, 2.24) is 14.6 Å². The zero-order valence-corrected chi connectivity index (χ0v) is 14.6. The van der Waals surface area contributed by atoms with E-state index >= 15 is 0 Å². The molecule has 3 aromatic rings. The van der Waals surface area contributed by atoms with E-state index in [4.69, 9.17) is 11.6 Å². The number of fused-ring (bicyclic) bond motifs is 1. The fraction of sp³-hybridized carbons (Fsp3) is 0.294. The second-order valence-corrected chi connectivity index (χ2v) is 6.43. The lowest BCUT2D eigenvalue weighted by atomic mass is 10.1. The van der Waals surface area contributed by atoms with Crippen molar-refractivity contribution in [3.8, 4) is 11.1 Å². The van der Waals surface area contributed by atoms with Gasteiger partial charge in [0.05, 0.1) is 5.56 Å². The summed E-state index contributed by atoms with van der Waals surface area (Å²) in [6, 6.07) is 8.06. The van der Waals surface area contributed by atoms with Gasteiger partial charge in [0.15, 0.2) is 11.3 Å². The van der Waals surface area contributed by atoms with Crippen molar-refractivity contribution in [2.45, 2.75) is 33.0 Å². The molecule has 132 valence electrons. The van der Waals surface area contributed by atoms with E-state index in [9.17, 15) is 13.2 Å². The lowest BCUT2D eigenvalue weighted by Crippen LogP contribution is -2.14. The van der Waals surface area contributed by atoms with Crippen LogP contribution in [0.3, 0.4) is 0 Å². The summed E-state index contributed by atoms with van der Waals surface area (Å²) < 4.78 is 42.1. The maximum Gasteiger partial charge on any atom is 0.435 e. The van der Waals surface area contributed by atoms with Crippen LogP contribution in [0.1, 0.15) is 25.2 Å². The van der Waals surface area contributed by atoms with Crippen LogP contribution in [0.5, 0.6) is 0 Å². The number of aryl methyl sites for hydroxylation is 1. The van der Waals surface area contributed by atoms with Crippen LogP contribution >= 0.6 is 11.6 Å². The number of hydrogen-bond donors (Lipinski definition) is 1.